The molecule has 0 unspecified atom stereocenters. The molecule has 6 nitrogen and oxygen atoms in total. The molecular weight excluding hydrogens is 251 g/mol. The second-order valence-corrected chi connectivity index (χ2v) is 3.40. The first-order valence-corrected chi connectivity index (χ1v) is 4.80. The number of halogens is 2. The fraction of sp³-hybridized carbons (Fsp3) is 0. The number of rotatable bonds is 0. The van der Waals surface area contributed by atoms with Gasteiger partial charge in [0.15, 0.2) is 0 Å². The van der Waals surface area contributed by atoms with E-state index in [0.29, 0.717) is 21.4 Å². The van der Waals surface area contributed by atoms with Crippen molar-refractivity contribution in [1.82, 2.24) is 20.4 Å². The van der Waals surface area contributed by atoms with Crippen LogP contribution < -0.4 is 11.5 Å². The van der Waals surface area contributed by atoms with E-state index in [1.165, 1.54) is 24.8 Å². The van der Waals surface area contributed by atoms with E-state index >= 15 is 0 Å². The maximum absolute atomic E-state index is 5.48. The molecular formula is C8H8Cl2N6. The lowest BCUT2D eigenvalue weighted by atomic mass is 10.5. The first kappa shape index (κ1) is 12.4. The van der Waals surface area contributed by atoms with E-state index in [4.69, 9.17) is 34.7 Å². The second kappa shape index (κ2) is 6.04. The lowest BCUT2D eigenvalue weighted by Gasteiger charge is -1.89. The number of anilines is 2. The number of nitrogens with two attached hydrogens (primary N) is 2. The molecule has 84 valence electrons. The number of hydrogen-bond donors (Lipinski definition) is 2. The molecule has 0 aliphatic carbocycles. The van der Waals surface area contributed by atoms with E-state index in [-0.39, 0.29) is 0 Å². The maximum atomic E-state index is 5.48. The van der Waals surface area contributed by atoms with Gasteiger partial charge in [0.1, 0.15) is 0 Å². The highest BCUT2D eigenvalue weighted by Gasteiger charge is 1.90. The molecule has 4 N–H and O–H groups in total. The molecule has 0 spiro atoms. The summed E-state index contributed by atoms with van der Waals surface area (Å²) in [6, 6.07) is 0. The minimum absolute atomic E-state index is 0.444. The third-order valence-corrected chi connectivity index (χ3v) is 2.05. The zero-order valence-electron chi connectivity index (χ0n) is 8.01. The normalized spacial score (nSPS) is 9.12. The zero-order valence-corrected chi connectivity index (χ0v) is 9.52. The molecule has 2 aromatic rings. The predicted octanol–water partition coefficient (Wildman–Crippen LogP) is 1.42. The molecule has 0 fully saturated rings. The standard InChI is InChI=1S/2C4H4ClN3/c2*5-3-1-7-8-2-4(3)6/h2*1-2H,(H2,6,7). The van der Waals surface area contributed by atoms with Crippen LogP contribution in [0.3, 0.4) is 0 Å². The van der Waals surface area contributed by atoms with E-state index in [0.717, 1.165) is 0 Å². The highest BCUT2D eigenvalue weighted by molar-refractivity contribution is 6.33. The Hall–Kier alpha value is -1.66. The molecule has 0 amide bonds. The van der Waals surface area contributed by atoms with Gasteiger partial charge in [-0.2, -0.15) is 20.4 Å². The Morgan fingerprint density at radius 2 is 1.00 bits per heavy atom. The van der Waals surface area contributed by atoms with Crippen molar-refractivity contribution in [2.75, 3.05) is 11.5 Å². The monoisotopic (exact) mass is 258 g/mol. The van der Waals surface area contributed by atoms with Crippen LogP contribution in [0.1, 0.15) is 0 Å². The van der Waals surface area contributed by atoms with Gasteiger partial charge in [0.25, 0.3) is 0 Å². The Kier molecular flexibility index (Phi) is 4.68. The van der Waals surface area contributed by atoms with Crippen molar-refractivity contribution < 1.29 is 0 Å². The summed E-state index contributed by atoms with van der Waals surface area (Å²) >= 11 is 11.0. The summed E-state index contributed by atoms with van der Waals surface area (Å²) in [6.07, 6.45) is 5.61. The molecule has 0 radical (unpaired) electrons. The van der Waals surface area contributed by atoms with Crippen molar-refractivity contribution in [2.45, 2.75) is 0 Å². The van der Waals surface area contributed by atoms with E-state index < -0.39 is 0 Å². The van der Waals surface area contributed by atoms with Crippen LogP contribution in [0.5, 0.6) is 0 Å². The summed E-state index contributed by atoms with van der Waals surface area (Å²) < 4.78 is 0. The van der Waals surface area contributed by atoms with Gasteiger partial charge in [0, 0.05) is 0 Å². The smallest absolute Gasteiger partial charge is 0.0853 e. The van der Waals surface area contributed by atoms with Gasteiger partial charge >= 0.3 is 0 Å². The van der Waals surface area contributed by atoms with Crippen molar-refractivity contribution in [3.8, 4) is 0 Å². The van der Waals surface area contributed by atoms with Gasteiger partial charge < -0.3 is 11.5 Å². The van der Waals surface area contributed by atoms with Crippen LogP contribution in [0, 0.1) is 0 Å². The van der Waals surface area contributed by atoms with Gasteiger partial charge in [-0.1, -0.05) is 23.2 Å². The molecule has 0 aliphatic heterocycles. The van der Waals surface area contributed by atoms with Gasteiger partial charge in [0.2, 0.25) is 0 Å². The Morgan fingerprint density at radius 1 is 0.688 bits per heavy atom. The molecule has 0 atom stereocenters. The molecule has 2 rings (SSSR count). The molecule has 2 heterocycles. The van der Waals surface area contributed by atoms with Crippen LogP contribution in [0.15, 0.2) is 24.8 Å². The third-order valence-electron chi connectivity index (χ3n) is 1.42. The van der Waals surface area contributed by atoms with E-state index in [1.807, 2.05) is 0 Å². The van der Waals surface area contributed by atoms with Crippen molar-refractivity contribution in [2.24, 2.45) is 0 Å². The van der Waals surface area contributed by atoms with E-state index in [2.05, 4.69) is 20.4 Å². The Balaban J connectivity index is 0.000000160. The second-order valence-electron chi connectivity index (χ2n) is 2.58. The Morgan fingerprint density at radius 3 is 1.19 bits per heavy atom. The molecule has 16 heavy (non-hydrogen) atoms. The third kappa shape index (κ3) is 3.84. The summed E-state index contributed by atoms with van der Waals surface area (Å²) in [5.74, 6) is 0. The minimum atomic E-state index is 0.444. The molecule has 0 aromatic carbocycles. The van der Waals surface area contributed by atoms with Gasteiger partial charge in [-0.25, -0.2) is 0 Å². The quantitative estimate of drug-likeness (QED) is 0.741. The van der Waals surface area contributed by atoms with Crippen LogP contribution in [-0.4, -0.2) is 20.4 Å². The minimum Gasteiger partial charge on any atom is -0.396 e. The highest BCUT2D eigenvalue weighted by atomic mass is 35.5. The van der Waals surface area contributed by atoms with Crippen LogP contribution >= 0.6 is 23.2 Å². The Bertz CT molecular complexity index is 378. The van der Waals surface area contributed by atoms with E-state index in [1.54, 1.807) is 0 Å². The summed E-state index contributed by atoms with van der Waals surface area (Å²) in [6.45, 7) is 0. The average molecular weight is 259 g/mol. The predicted molar refractivity (Wildman–Crippen MR) is 62.9 cm³/mol. The molecule has 0 saturated carbocycles. The molecule has 0 bridgehead atoms. The lowest BCUT2D eigenvalue weighted by molar-refractivity contribution is 1.03. The van der Waals surface area contributed by atoms with Crippen molar-refractivity contribution in [1.29, 1.82) is 0 Å². The molecule has 0 aliphatic rings. The fourth-order valence-electron chi connectivity index (χ4n) is 0.632. The lowest BCUT2D eigenvalue weighted by Crippen LogP contribution is -1.88. The van der Waals surface area contributed by atoms with Crippen LogP contribution in [0.25, 0.3) is 0 Å². The van der Waals surface area contributed by atoms with Crippen molar-refractivity contribution in [3.05, 3.63) is 34.8 Å². The largest absolute Gasteiger partial charge is 0.396 e. The van der Waals surface area contributed by atoms with Crippen LogP contribution in [-0.2, 0) is 0 Å². The van der Waals surface area contributed by atoms with Crippen molar-refractivity contribution in [3.63, 3.8) is 0 Å². The van der Waals surface area contributed by atoms with Gasteiger partial charge in [-0.3, -0.25) is 0 Å². The van der Waals surface area contributed by atoms with E-state index in [9.17, 15) is 0 Å². The van der Waals surface area contributed by atoms with Crippen molar-refractivity contribution >= 4 is 34.6 Å². The number of hydrogen-bond acceptors (Lipinski definition) is 6. The van der Waals surface area contributed by atoms with Gasteiger partial charge in [-0.15, -0.1) is 0 Å². The molecule has 0 saturated heterocycles. The highest BCUT2D eigenvalue weighted by Crippen LogP contribution is 2.12. The molecule has 2 aromatic heterocycles. The SMILES string of the molecule is Nc1cnncc1Cl.Nc1cnncc1Cl. The first-order chi connectivity index (χ1) is 7.61. The number of nitrogens with zero attached hydrogens (tertiary/aromatic N) is 4. The maximum Gasteiger partial charge on any atom is 0.0853 e. The van der Waals surface area contributed by atoms with Gasteiger partial charge in [0.05, 0.1) is 46.2 Å². The Labute approximate surface area is 102 Å². The average Bonchev–Trinajstić information content (AvgIpc) is 2.28. The number of aromatic nitrogens is 4. The topological polar surface area (TPSA) is 104 Å². The van der Waals surface area contributed by atoms with Gasteiger partial charge in [-0.05, 0) is 0 Å². The zero-order chi connectivity index (χ0) is 12.0. The molecule has 8 heteroatoms. The summed E-state index contributed by atoms with van der Waals surface area (Å²) in [7, 11) is 0. The van der Waals surface area contributed by atoms with Crippen LogP contribution in [0.4, 0.5) is 11.4 Å². The fourth-order valence-corrected chi connectivity index (χ4v) is 0.816. The first-order valence-electron chi connectivity index (χ1n) is 4.04. The number of nitrogen functional groups attached to an aromatic ring is 2. The summed E-state index contributed by atoms with van der Waals surface area (Å²) in [5, 5.41) is 14.8. The van der Waals surface area contributed by atoms with Crippen LogP contribution in [0.2, 0.25) is 10.0 Å². The summed E-state index contributed by atoms with van der Waals surface area (Å²) in [4.78, 5) is 0. The summed E-state index contributed by atoms with van der Waals surface area (Å²) in [5.41, 5.74) is 11.5.